The summed E-state index contributed by atoms with van der Waals surface area (Å²) in [6.45, 7) is 1.99. The monoisotopic (exact) mass is 240 g/mol. The van der Waals surface area contributed by atoms with Crippen LogP contribution < -0.4 is 5.32 Å². The van der Waals surface area contributed by atoms with Crippen molar-refractivity contribution in [3.8, 4) is 0 Å². The molecule has 1 N–H and O–H groups in total. The number of rotatable bonds is 4. The lowest BCUT2D eigenvalue weighted by Gasteiger charge is -2.33. The van der Waals surface area contributed by atoms with E-state index in [-0.39, 0.29) is 12.5 Å². The van der Waals surface area contributed by atoms with Crippen molar-refractivity contribution in [2.75, 3.05) is 26.8 Å². The van der Waals surface area contributed by atoms with Gasteiger partial charge in [-0.2, -0.15) is 0 Å². The molecule has 4 nitrogen and oxygen atoms in total. The number of carbonyl (C=O) groups excluding carboxylic acids is 1. The molecule has 17 heavy (non-hydrogen) atoms. The second-order valence-electron chi connectivity index (χ2n) is 5.24. The molecule has 0 aromatic rings. The number of nitrogens with one attached hydrogen (secondary N) is 1. The standard InChI is InChI=1S/C13H24N2O2/c1-17-10-13(16)15-8-6-12(7-9-15)14-11-4-2-3-5-11/h11-12,14H,2-10H2,1H3. The highest BCUT2D eigenvalue weighted by Crippen LogP contribution is 2.20. The van der Waals surface area contributed by atoms with E-state index in [1.54, 1.807) is 7.11 Å². The number of hydrogen-bond acceptors (Lipinski definition) is 3. The Morgan fingerprint density at radius 2 is 1.76 bits per heavy atom. The molecule has 1 saturated carbocycles. The lowest BCUT2D eigenvalue weighted by molar-refractivity contribution is -0.136. The van der Waals surface area contributed by atoms with Crippen LogP contribution in [-0.2, 0) is 9.53 Å². The fourth-order valence-electron chi connectivity index (χ4n) is 2.94. The molecule has 98 valence electrons. The van der Waals surface area contributed by atoms with Crippen LogP contribution in [0.5, 0.6) is 0 Å². The van der Waals surface area contributed by atoms with Crippen molar-refractivity contribution >= 4 is 5.91 Å². The van der Waals surface area contributed by atoms with E-state index in [0.29, 0.717) is 6.04 Å². The summed E-state index contributed by atoms with van der Waals surface area (Å²) in [6.07, 6.45) is 7.61. The van der Waals surface area contributed by atoms with Gasteiger partial charge in [-0.25, -0.2) is 0 Å². The van der Waals surface area contributed by atoms with E-state index >= 15 is 0 Å². The molecule has 2 rings (SSSR count). The van der Waals surface area contributed by atoms with Crippen molar-refractivity contribution in [3.05, 3.63) is 0 Å². The molecule has 1 heterocycles. The molecular weight excluding hydrogens is 216 g/mol. The predicted molar refractivity (Wildman–Crippen MR) is 66.9 cm³/mol. The van der Waals surface area contributed by atoms with Crippen molar-refractivity contribution in [2.45, 2.75) is 50.6 Å². The van der Waals surface area contributed by atoms with Crippen molar-refractivity contribution in [1.29, 1.82) is 0 Å². The Balaban J connectivity index is 1.68. The second-order valence-corrected chi connectivity index (χ2v) is 5.24. The topological polar surface area (TPSA) is 41.6 Å². The van der Waals surface area contributed by atoms with Gasteiger partial charge in [0, 0.05) is 32.3 Å². The van der Waals surface area contributed by atoms with Gasteiger partial charge in [-0.1, -0.05) is 12.8 Å². The third kappa shape index (κ3) is 3.68. The van der Waals surface area contributed by atoms with E-state index in [2.05, 4.69) is 5.32 Å². The van der Waals surface area contributed by atoms with E-state index in [0.717, 1.165) is 32.0 Å². The third-order valence-corrected chi connectivity index (χ3v) is 3.94. The zero-order valence-corrected chi connectivity index (χ0v) is 10.8. The number of likely N-dealkylation sites (tertiary alicyclic amines) is 1. The van der Waals surface area contributed by atoms with Gasteiger partial charge in [0.15, 0.2) is 0 Å². The van der Waals surface area contributed by atoms with E-state index in [4.69, 9.17) is 4.74 Å². The van der Waals surface area contributed by atoms with E-state index < -0.39 is 0 Å². The first kappa shape index (κ1) is 12.8. The van der Waals surface area contributed by atoms with Crippen molar-refractivity contribution in [1.82, 2.24) is 10.2 Å². The number of methoxy groups -OCH3 is 1. The first-order valence-electron chi connectivity index (χ1n) is 6.82. The number of hydrogen-bond donors (Lipinski definition) is 1. The number of carbonyl (C=O) groups is 1. The highest BCUT2D eigenvalue weighted by atomic mass is 16.5. The highest BCUT2D eigenvalue weighted by molar-refractivity contribution is 5.77. The van der Waals surface area contributed by atoms with Crippen molar-refractivity contribution in [2.24, 2.45) is 0 Å². The Hall–Kier alpha value is -0.610. The fraction of sp³-hybridized carbons (Fsp3) is 0.923. The molecule has 0 aromatic carbocycles. The molecule has 0 aromatic heterocycles. The normalized spacial score (nSPS) is 23.2. The summed E-state index contributed by atoms with van der Waals surface area (Å²) in [5, 5.41) is 3.74. The first-order valence-corrected chi connectivity index (χ1v) is 6.82. The predicted octanol–water partition coefficient (Wildman–Crippen LogP) is 1.16. The number of amides is 1. The summed E-state index contributed by atoms with van der Waals surface area (Å²) in [4.78, 5) is 13.6. The molecule has 0 radical (unpaired) electrons. The van der Waals surface area contributed by atoms with Crippen molar-refractivity contribution in [3.63, 3.8) is 0 Å². The van der Waals surface area contributed by atoms with E-state index in [1.165, 1.54) is 25.7 Å². The summed E-state index contributed by atoms with van der Waals surface area (Å²) in [7, 11) is 1.58. The maximum atomic E-state index is 11.6. The molecule has 1 aliphatic carbocycles. The second kappa shape index (κ2) is 6.36. The summed E-state index contributed by atoms with van der Waals surface area (Å²) >= 11 is 0. The first-order chi connectivity index (χ1) is 8.29. The smallest absolute Gasteiger partial charge is 0.248 e. The van der Waals surface area contributed by atoms with Crippen LogP contribution in [-0.4, -0.2) is 49.7 Å². The summed E-state index contributed by atoms with van der Waals surface area (Å²) < 4.78 is 4.88. The molecule has 2 aliphatic rings. The molecule has 1 saturated heterocycles. The van der Waals surface area contributed by atoms with E-state index in [1.807, 2.05) is 4.90 Å². The van der Waals surface area contributed by atoms with Crippen LogP contribution in [0, 0.1) is 0 Å². The average molecular weight is 240 g/mol. The van der Waals surface area contributed by atoms with Gasteiger partial charge < -0.3 is 15.0 Å². The SMILES string of the molecule is COCC(=O)N1CCC(NC2CCCC2)CC1. The largest absolute Gasteiger partial charge is 0.375 e. The molecule has 1 aliphatic heterocycles. The Morgan fingerprint density at radius 1 is 1.18 bits per heavy atom. The Kier molecular flexibility index (Phi) is 4.80. The summed E-state index contributed by atoms with van der Waals surface area (Å²) in [6, 6.07) is 1.35. The molecule has 0 bridgehead atoms. The third-order valence-electron chi connectivity index (χ3n) is 3.94. The minimum absolute atomic E-state index is 0.131. The van der Waals surface area contributed by atoms with Crippen LogP contribution in [0.1, 0.15) is 38.5 Å². The van der Waals surface area contributed by atoms with Gasteiger partial charge >= 0.3 is 0 Å². The quantitative estimate of drug-likeness (QED) is 0.801. The zero-order chi connectivity index (χ0) is 12.1. The van der Waals surface area contributed by atoms with Gasteiger partial charge in [0.25, 0.3) is 0 Å². The zero-order valence-electron chi connectivity index (χ0n) is 10.8. The summed E-state index contributed by atoms with van der Waals surface area (Å²) in [5.74, 6) is 0.131. The maximum Gasteiger partial charge on any atom is 0.248 e. The fourth-order valence-corrected chi connectivity index (χ4v) is 2.94. The molecule has 2 fully saturated rings. The van der Waals surface area contributed by atoms with Gasteiger partial charge in [0.1, 0.15) is 6.61 Å². The van der Waals surface area contributed by atoms with Gasteiger partial charge in [0.2, 0.25) is 5.91 Å². The van der Waals surface area contributed by atoms with Gasteiger partial charge in [-0.05, 0) is 25.7 Å². The molecule has 4 heteroatoms. The lowest BCUT2D eigenvalue weighted by atomic mass is 10.0. The van der Waals surface area contributed by atoms with E-state index in [9.17, 15) is 4.79 Å². The molecular formula is C13H24N2O2. The van der Waals surface area contributed by atoms with Gasteiger partial charge in [0.05, 0.1) is 0 Å². The van der Waals surface area contributed by atoms with Gasteiger partial charge in [-0.15, -0.1) is 0 Å². The molecule has 0 unspecified atom stereocenters. The molecule has 1 amide bonds. The number of nitrogens with zero attached hydrogens (tertiary/aromatic N) is 1. The minimum Gasteiger partial charge on any atom is -0.375 e. The van der Waals surface area contributed by atoms with Crippen LogP contribution in [0.15, 0.2) is 0 Å². The molecule has 0 atom stereocenters. The Morgan fingerprint density at radius 3 is 2.35 bits per heavy atom. The van der Waals surface area contributed by atoms with Crippen LogP contribution in [0.4, 0.5) is 0 Å². The van der Waals surface area contributed by atoms with Crippen LogP contribution in [0.3, 0.4) is 0 Å². The molecule has 0 spiro atoms. The van der Waals surface area contributed by atoms with Crippen LogP contribution in [0.2, 0.25) is 0 Å². The van der Waals surface area contributed by atoms with Gasteiger partial charge in [-0.3, -0.25) is 4.79 Å². The van der Waals surface area contributed by atoms with Crippen molar-refractivity contribution < 1.29 is 9.53 Å². The highest BCUT2D eigenvalue weighted by Gasteiger charge is 2.25. The number of piperidine rings is 1. The maximum absolute atomic E-state index is 11.6. The summed E-state index contributed by atoms with van der Waals surface area (Å²) in [5.41, 5.74) is 0. The van der Waals surface area contributed by atoms with Crippen LogP contribution in [0.25, 0.3) is 0 Å². The Bertz CT molecular complexity index is 244. The van der Waals surface area contributed by atoms with Crippen LogP contribution >= 0.6 is 0 Å². The minimum atomic E-state index is 0.131. The lowest BCUT2D eigenvalue weighted by Crippen LogP contribution is -2.48. The Labute approximate surface area is 104 Å². The average Bonchev–Trinajstić information content (AvgIpc) is 2.83. The number of ether oxygens (including phenoxy) is 1.